The maximum absolute atomic E-state index is 12.6. The average Bonchev–Trinajstić information content (AvgIpc) is 3.29. The Hall–Kier alpha value is -3.33. The van der Waals surface area contributed by atoms with Gasteiger partial charge in [0.25, 0.3) is 11.7 Å². The van der Waals surface area contributed by atoms with Gasteiger partial charge in [0.15, 0.2) is 5.13 Å². The molecule has 0 spiro atoms. The third-order valence-corrected chi connectivity index (χ3v) is 4.77. The molecule has 9 heteroatoms. The number of aromatic nitrogens is 5. The van der Waals surface area contributed by atoms with Crippen molar-refractivity contribution in [2.75, 3.05) is 11.9 Å². The average molecular weight is 394 g/mol. The highest BCUT2D eigenvalue weighted by Crippen LogP contribution is 2.32. The van der Waals surface area contributed by atoms with E-state index in [-0.39, 0.29) is 5.82 Å². The first-order chi connectivity index (χ1) is 13.5. The molecule has 1 N–H and O–H groups in total. The maximum atomic E-state index is 12.6. The summed E-state index contributed by atoms with van der Waals surface area (Å²) >= 11 is 1.33. The van der Waals surface area contributed by atoms with Crippen molar-refractivity contribution in [3.63, 3.8) is 0 Å². The SMILES string of the molecule is CCOc1ccccc1-c1csc(NC(=O)c2nc3nc(C)cc(C)n3n2)n1. The van der Waals surface area contributed by atoms with Crippen molar-refractivity contribution >= 4 is 28.2 Å². The number of carbonyl (C=O) groups is 1. The molecule has 1 aromatic carbocycles. The molecule has 0 aliphatic carbocycles. The Kier molecular flexibility index (Phi) is 4.74. The number of benzene rings is 1. The van der Waals surface area contributed by atoms with Crippen LogP contribution in [-0.2, 0) is 0 Å². The number of nitrogens with zero attached hydrogens (tertiary/aromatic N) is 5. The number of hydrogen-bond donors (Lipinski definition) is 1. The molecule has 28 heavy (non-hydrogen) atoms. The molecule has 8 nitrogen and oxygen atoms in total. The van der Waals surface area contributed by atoms with Crippen LogP contribution in [0.4, 0.5) is 5.13 Å². The van der Waals surface area contributed by atoms with Crippen LogP contribution in [0.1, 0.15) is 28.9 Å². The summed E-state index contributed by atoms with van der Waals surface area (Å²) in [6, 6.07) is 9.55. The molecule has 0 saturated heterocycles. The Morgan fingerprint density at radius 1 is 1.21 bits per heavy atom. The number of fused-ring (bicyclic) bond motifs is 1. The quantitative estimate of drug-likeness (QED) is 0.557. The normalized spacial score (nSPS) is 11.0. The standard InChI is InChI=1S/C19H18N6O2S/c1-4-27-15-8-6-5-7-13(15)14-10-28-19(21-14)23-17(26)16-22-18-20-11(2)9-12(3)25(18)24-16/h5-10H,4H2,1-3H3,(H,21,23,26). The molecule has 4 rings (SSSR count). The maximum Gasteiger partial charge on any atom is 0.297 e. The molecular formula is C19H18N6O2S. The van der Waals surface area contributed by atoms with E-state index < -0.39 is 5.91 Å². The van der Waals surface area contributed by atoms with Crippen LogP contribution in [-0.4, -0.2) is 37.1 Å². The topological polar surface area (TPSA) is 94.3 Å². The van der Waals surface area contributed by atoms with E-state index in [1.54, 1.807) is 4.52 Å². The van der Waals surface area contributed by atoms with E-state index in [2.05, 4.69) is 25.4 Å². The molecule has 0 aliphatic rings. The lowest BCUT2D eigenvalue weighted by atomic mass is 10.1. The molecular weight excluding hydrogens is 376 g/mol. The van der Waals surface area contributed by atoms with Gasteiger partial charge in [0, 0.05) is 22.3 Å². The molecule has 3 aromatic heterocycles. The van der Waals surface area contributed by atoms with E-state index in [9.17, 15) is 4.79 Å². The second-order valence-corrected chi connectivity index (χ2v) is 6.97. The lowest BCUT2D eigenvalue weighted by Gasteiger charge is -2.07. The van der Waals surface area contributed by atoms with Crippen LogP contribution in [0.3, 0.4) is 0 Å². The van der Waals surface area contributed by atoms with Crippen LogP contribution >= 0.6 is 11.3 Å². The molecule has 4 aromatic rings. The van der Waals surface area contributed by atoms with Crippen molar-refractivity contribution in [3.05, 3.63) is 52.9 Å². The van der Waals surface area contributed by atoms with E-state index in [0.717, 1.165) is 28.4 Å². The predicted molar refractivity (Wildman–Crippen MR) is 107 cm³/mol. The Balaban J connectivity index is 1.58. The minimum atomic E-state index is -0.429. The third-order valence-electron chi connectivity index (χ3n) is 4.01. The van der Waals surface area contributed by atoms with Crippen LogP contribution in [0.5, 0.6) is 5.75 Å². The lowest BCUT2D eigenvalue weighted by Crippen LogP contribution is -2.13. The Morgan fingerprint density at radius 2 is 2.04 bits per heavy atom. The Labute approximate surface area is 165 Å². The zero-order chi connectivity index (χ0) is 19.7. The van der Waals surface area contributed by atoms with Crippen LogP contribution < -0.4 is 10.1 Å². The van der Waals surface area contributed by atoms with Crippen LogP contribution in [0.2, 0.25) is 0 Å². The van der Waals surface area contributed by atoms with Gasteiger partial charge < -0.3 is 4.74 Å². The summed E-state index contributed by atoms with van der Waals surface area (Å²) < 4.78 is 7.20. The fraction of sp³-hybridized carbons (Fsp3) is 0.211. The van der Waals surface area contributed by atoms with Crippen LogP contribution in [0.15, 0.2) is 35.7 Å². The van der Waals surface area contributed by atoms with Crippen molar-refractivity contribution in [1.82, 2.24) is 24.6 Å². The minimum Gasteiger partial charge on any atom is -0.493 e. The number of para-hydroxylation sites is 1. The molecule has 0 aliphatic heterocycles. The van der Waals surface area contributed by atoms with E-state index >= 15 is 0 Å². The smallest absolute Gasteiger partial charge is 0.297 e. The molecule has 142 valence electrons. The van der Waals surface area contributed by atoms with Gasteiger partial charge in [-0.25, -0.2) is 14.5 Å². The first-order valence-electron chi connectivity index (χ1n) is 8.75. The van der Waals surface area contributed by atoms with E-state index in [1.165, 1.54) is 11.3 Å². The molecule has 0 radical (unpaired) electrons. The van der Waals surface area contributed by atoms with Crippen LogP contribution in [0, 0.1) is 13.8 Å². The Bertz CT molecular complexity index is 1170. The summed E-state index contributed by atoms with van der Waals surface area (Å²) in [5.74, 6) is 0.773. The summed E-state index contributed by atoms with van der Waals surface area (Å²) in [5.41, 5.74) is 3.29. The van der Waals surface area contributed by atoms with E-state index in [1.807, 2.05) is 56.5 Å². The first kappa shape index (κ1) is 18.1. The fourth-order valence-electron chi connectivity index (χ4n) is 2.83. The van der Waals surface area contributed by atoms with Gasteiger partial charge in [-0.3, -0.25) is 10.1 Å². The van der Waals surface area contributed by atoms with Gasteiger partial charge in [-0.1, -0.05) is 12.1 Å². The minimum absolute atomic E-state index is 0.0488. The number of aryl methyl sites for hydroxylation is 2. The largest absolute Gasteiger partial charge is 0.493 e. The molecule has 3 heterocycles. The molecule has 0 bridgehead atoms. The number of anilines is 1. The first-order valence-corrected chi connectivity index (χ1v) is 9.63. The summed E-state index contributed by atoms with van der Waals surface area (Å²) in [5, 5.41) is 9.34. The highest BCUT2D eigenvalue weighted by molar-refractivity contribution is 7.14. The van der Waals surface area contributed by atoms with Crippen LogP contribution in [0.25, 0.3) is 17.0 Å². The fourth-order valence-corrected chi connectivity index (χ4v) is 3.54. The Morgan fingerprint density at radius 3 is 2.86 bits per heavy atom. The lowest BCUT2D eigenvalue weighted by molar-refractivity contribution is 0.101. The van der Waals surface area contributed by atoms with Crippen molar-refractivity contribution in [1.29, 1.82) is 0 Å². The predicted octanol–water partition coefficient (Wildman–Crippen LogP) is 3.52. The molecule has 0 fully saturated rings. The molecule has 1 amide bonds. The number of hydrogen-bond acceptors (Lipinski definition) is 7. The number of amides is 1. The van der Waals surface area contributed by atoms with Crippen molar-refractivity contribution in [3.8, 4) is 17.0 Å². The van der Waals surface area contributed by atoms with Gasteiger partial charge >= 0.3 is 0 Å². The van der Waals surface area contributed by atoms with Gasteiger partial charge in [0.05, 0.1) is 12.3 Å². The van der Waals surface area contributed by atoms with Crippen molar-refractivity contribution in [2.45, 2.75) is 20.8 Å². The van der Waals surface area contributed by atoms with Gasteiger partial charge in [0.1, 0.15) is 5.75 Å². The highest BCUT2D eigenvalue weighted by atomic mass is 32.1. The monoisotopic (exact) mass is 394 g/mol. The highest BCUT2D eigenvalue weighted by Gasteiger charge is 2.17. The zero-order valence-corrected chi connectivity index (χ0v) is 16.4. The van der Waals surface area contributed by atoms with E-state index in [0.29, 0.717) is 17.5 Å². The number of rotatable bonds is 5. The third kappa shape index (κ3) is 3.44. The van der Waals surface area contributed by atoms with Crippen molar-refractivity contribution in [2.24, 2.45) is 0 Å². The zero-order valence-electron chi connectivity index (χ0n) is 15.6. The summed E-state index contributed by atoms with van der Waals surface area (Å²) in [4.78, 5) is 25.6. The summed E-state index contributed by atoms with van der Waals surface area (Å²) in [6.07, 6.45) is 0. The number of carbonyl (C=O) groups excluding carboxylic acids is 1. The van der Waals surface area contributed by atoms with Gasteiger partial charge in [0.2, 0.25) is 5.82 Å². The summed E-state index contributed by atoms with van der Waals surface area (Å²) in [7, 11) is 0. The summed E-state index contributed by atoms with van der Waals surface area (Å²) in [6.45, 7) is 6.26. The van der Waals surface area contributed by atoms with E-state index in [4.69, 9.17) is 4.74 Å². The molecule has 0 unspecified atom stereocenters. The van der Waals surface area contributed by atoms with Crippen molar-refractivity contribution < 1.29 is 9.53 Å². The second kappa shape index (κ2) is 7.35. The molecule has 0 atom stereocenters. The number of thiazole rings is 1. The number of ether oxygens (including phenoxy) is 1. The van der Waals surface area contributed by atoms with Gasteiger partial charge in [-0.15, -0.1) is 16.4 Å². The molecule has 0 saturated carbocycles. The van der Waals surface area contributed by atoms with Gasteiger partial charge in [-0.2, -0.15) is 4.98 Å². The second-order valence-electron chi connectivity index (χ2n) is 6.11. The number of nitrogens with one attached hydrogen (secondary N) is 1. The van der Waals surface area contributed by atoms with Gasteiger partial charge in [-0.05, 0) is 39.0 Å².